The van der Waals surface area contributed by atoms with Crippen LogP contribution >= 0.6 is 0 Å². The van der Waals surface area contributed by atoms with Crippen LogP contribution < -0.4 is 9.64 Å². The van der Waals surface area contributed by atoms with Gasteiger partial charge >= 0.3 is 5.97 Å². The second-order valence-electron chi connectivity index (χ2n) is 7.55. The van der Waals surface area contributed by atoms with E-state index >= 15 is 0 Å². The number of carbonyl (C=O) groups excluding carboxylic acids is 2. The predicted molar refractivity (Wildman–Crippen MR) is 94.9 cm³/mol. The van der Waals surface area contributed by atoms with Crippen molar-refractivity contribution in [1.82, 2.24) is 0 Å². The zero-order chi connectivity index (χ0) is 18.5. The van der Waals surface area contributed by atoms with E-state index < -0.39 is 17.4 Å². The van der Waals surface area contributed by atoms with Crippen LogP contribution in [0.2, 0.25) is 0 Å². The van der Waals surface area contributed by atoms with Gasteiger partial charge in [-0.1, -0.05) is 26.0 Å². The van der Waals surface area contributed by atoms with Gasteiger partial charge in [0.25, 0.3) is 0 Å². The predicted octanol–water partition coefficient (Wildman–Crippen LogP) is 2.18. The standard InChI is InChI=1S/C20H23NO5/c1-12(2)10-25-19(23)16-15-8-9-20(26-15)11-21(18(22)17(16)20)13-4-6-14(24-3)7-5-13/h4-9,12,15-17H,10-11H2,1-3H3/t15-,16+,17-,20?/m1/s1. The number of nitrogens with zero attached hydrogens (tertiary/aromatic N) is 1. The maximum atomic E-state index is 13.2. The van der Waals surface area contributed by atoms with E-state index in [1.807, 2.05) is 50.3 Å². The molecule has 4 rings (SSSR count). The van der Waals surface area contributed by atoms with Gasteiger partial charge in [-0.05, 0) is 30.2 Å². The highest BCUT2D eigenvalue weighted by molar-refractivity contribution is 6.02. The lowest BCUT2D eigenvalue weighted by atomic mass is 9.77. The van der Waals surface area contributed by atoms with Crippen LogP contribution in [0.4, 0.5) is 5.69 Å². The van der Waals surface area contributed by atoms with Gasteiger partial charge in [0.2, 0.25) is 5.91 Å². The van der Waals surface area contributed by atoms with Crippen molar-refractivity contribution in [1.29, 1.82) is 0 Å². The molecule has 0 radical (unpaired) electrons. The van der Waals surface area contributed by atoms with Crippen molar-refractivity contribution in [3.05, 3.63) is 36.4 Å². The van der Waals surface area contributed by atoms with Crippen molar-refractivity contribution in [3.8, 4) is 5.75 Å². The van der Waals surface area contributed by atoms with Crippen LogP contribution in [-0.4, -0.2) is 43.8 Å². The Bertz CT molecular complexity index is 756. The molecule has 3 aliphatic heterocycles. The number of hydrogen-bond acceptors (Lipinski definition) is 5. The molecule has 1 spiro atoms. The van der Waals surface area contributed by atoms with E-state index in [1.54, 1.807) is 12.0 Å². The third-order valence-corrected chi connectivity index (χ3v) is 5.32. The molecule has 138 valence electrons. The third-order valence-electron chi connectivity index (χ3n) is 5.32. The summed E-state index contributed by atoms with van der Waals surface area (Å²) in [6.07, 6.45) is 3.46. The largest absolute Gasteiger partial charge is 0.497 e. The monoisotopic (exact) mass is 357 g/mol. The molecular formula is C20H23NO5. The molecule has 6 nitrogen and oxygen atoms in total. The number of hydrogen-bond donors (Lipinski definition) is 0. The summed E-state index contributed by atoms with van der Waals surface area (Å²) in [5.41, 5.74) is 0.0396. The van der Waals surface area contributed by atoms with Crippen molar-refractivity contribution >= 4 is 17.6 Å². The molecule has 1 unspecified atom stereocenters. The molecule has 2 saturated heterocycles. The third kappa shape index (κ3) is 2.51. The van der Waals surface area contributed by atoms with Crippen LogP contribution in [-0.2, 0) is 19.1 Å². The normalized spacial score (nSPS) is 31.6. The van der Waals surface area contributed by atoms with Gasteiger partial charge in [0.15, 0.2) is 0 Å². The molecular weight excluding hydrogens is 334 g/mol. The molecule has 26 heavy (non-hydrogen) atoms. The van der Waals surface area contributed by atoms with Crippen LogP contribution in [0.3, 0.4) is 0 Å². The van der Waals surface area contributed by atoms with Crippen molar-refractivity contribution in [2.75, 3.05) is 25.2 Å². The number of fused-ring (bicyclic) bond motifs is 1. The highest BCUT2D eigenvalue weighted by Gasteiger charge is 2.67. The first-order valence-electron chi connectivity index (χ1n) is 8.94. The first-order valence-corrected chi connectivity index (χ1v) is 8.94. The smallest absolute Gasteiger partial charge is 0.312 e. The summed E-state index contributed by atoms with van der Waals surface area (Å²) in [6, 6.07) is 7.32. The van der Waals surface area contributed by atoms with Crippen molar-refractivity contribution in [2.45, 2.75) is 25.6 Å². The summed E-state index contributed by atoms with van der Waals surface area (Å²) in [5.74, 6) is -0.559. The SMILES string of the molecule is COc1ccc(N2CC34C=C[C@@H](O3)[C@H](C(=O)OCC(C)C)[C@@H]4C2=O)cc1. The van der Waals surface area contributed by atoms with Crippen LogP contribution in [0.5, 0.6) is 5.75 Å². The molecule has 2 bridgehead atoms. The van der Waals surface area contributed by atoms with E-state index in [0.29, 0.717) is 13.2 Å². The van der Waals surface area contributed by atoms with E-state index in [2.05, 4.69) is 0 Å². The Morgan fingerprint density at radius 2 is 2.08 bits per heavy atom. The molecule has 0 aliphatic carbocycles. The number of esters is 1. The molecule has 4 atom stereocenters. The molecule has 6 heteroatoms. The van der Waals surface area contributed by atoms with Crippen molar-refractivity contribution in [2.24, 2.45) is 17.8 Å². The highest BCUT2D eigenvalue weighted by atomic mass is 16.6. The number of amides is 1. The number of benzene rings is 1. The number of carbonyl (C=O) groups is 2. The molecule has 3 heterocycles. The molecule has 3 aliphatic rings. The first kappa shape index (κ1) is 17.1. The van der Waals surface area contributed by atoms with Gasteiger partial charge in [0.05, 0.1) is 32.3 Å². The minimum absolute atomic E-state index is 0.0893. The van der Waals surface area contributed by atoms with E-state index in [1.165, 1.54) is 0 Å². The second kappa shape index (κ2) is 6.13. The Kier molecular flexibility index (Phi) is 4.03. The average Bonchev–Trinajstić information content (AvgIpc) is 3.28. The Morgan fingerprint density at radius 1 is 1.35 bits per heavy atom. The van der Waals surface area contributed by atoms with Gasteiger partial charge in [0.1, 0.15) is 17.3 Å². The number of anilines is 1. The molecule has 1 aromatic carbocycles. The fourth-order valence-electron chi connectivity index (χ4n) is 4.09. The molecule has 0 aromatic heterocycles. The number of rotatable bonds is 5. The maximum Gasteiger partial charge on any atom is 0.312 e. The van der Waals surface area contributed by atoms with E-state index in [-0.39, 0.29) is 23.9 Å². The lowest BCUT2D eigenvalue weighted by Gasteiger charge is -2.23. The Morgan fingerprint density at radius 3 is 2.73 bits per heavy atom. The van der Waals surface area contributed by atoms with Gasteiger partial charge in [-0.15, -0.1) is 0 Å². The summed E-state index contributed by atoms with van der Waals surface area (Å²) in [6.45, 7) is 4.72. The van der Waals surface area contributed by atoms with E-state index in [0.717, 1.165) is 11.4 Å². The topological polar surface area (TPSA) is 65.1 Å². The van der Waals surface area contributed by atoms with E-state index in [9.17, 15) is 9.59 Å². The fourth-order valence-corrected chi connectivity index (χ4v) is 4.09. The van der Waals surface area contributed by atoms with Gasteiger partial charge in [-0.2, -0.15) is 0 Å². The second-order valence-corrected chi connectivity index (χ2v) is 7.55. The number of methoxy groups -OCH3 is 1. The summed E-state index contributed by atoms with van der Waals surface area (Å²) < 4.78 is 16.7. The molecule has 0 N–H and O–H groups in total. The van der Waals surface area contributed by atoms with Crippen LogP contribution in [0, 0.1) is 17.8 Å². The summed E-state index contributed by atoms with van der Waals surface area (Å²) in [7, 11) is 1.60. The first-order chi connectivity index (χ1) is 12.4. The Hall–Kier alpha value is -2.34. The highest BCUT2D eigenvalue weighted by Crippen LogP contribution is 2.52. The zero-order valence-corrected chi connectivity index (χ0v) is 15.2. The maximum absolute atomic E-state index is 13.2. The molecule has 2 fully saturated rings. The lowest BCUT2D eigenvalue weighted by Crippen LogP contribution is -2.40. The summed E-state index contributed by atoms with van der Waals surface area (Å²) in [4.78, 5) is 27.5. The fraction of sp³-hybridized carbons (Fsp3) is 0.500. The minimum atomic E-state index is -0.733. The van der Waals surface area contributed by atoms with Crippen LogP contribution in [0.1, 0.15) is 13.8 Å². The quantitative estimate of drug-likeness (QED) is 0.597. The van der Waals surface area contributed by atoms with Crippen molar-refractivity contribution < 1.29 is 23.8 Å². The minimum Gasteiger partial charge on any atom is -0.497 e. The van der Waals surface area contributed by atoms with Crippen LogP contribution in [0.15, 0.2) is 36.4 Å². The van der Waals surface area contributed by atoms with Crippen molar-refractivity contribution in [3.63, 3.8) is 0 Å². The average molecular weight is 357 g/mol. The summed E-state index contributed by atoms with van der Waals surface area (Å²) >= 11 is 0. The Labute approximate surface area is 152 Å². The van der Waals surface area contributed by atoms with Gasteiger partial charge in [0, 0.05) is 5.69 Å². The Balaban J connectivity index is 1.59. The van der Waals surface area contributed by atoms with Gasteiger partial charge < -0.3 is 19.1 Å². The lowest BCUT2D eigenvalue weighted by molar-refractivity contribution is -0.153. The summed E-state index contributed by atoms with van der Waals surface area (Å²) in [5, 5.41) is 0. The molecule has 1 aromatic rings. The van der Waals surface area contributed by atoms with Crippen LogP contribution in [0.25, 0.3) is 0 Å². The van der Waals surface area contributed by atoms with Gasteiger partial charge in [-0.25, -0.2) is 0 Å². The molecule has 1 amide bonds. The zero-order valence-electron chi connectivity index (χ0n) is 15.2. The van der Waals surface area contributed by atoms with Gasteiger partial charge in [-0.3, -0.25) is 9.59 Å². The molecule has 0 saturated carbocycles. The van der Waals surface area contributed by atoms with E-state index in [4.69, 9.17) is 14.2 Å². The number of ether oxygens (including phenoxy) is 3.